The third-order valence-electron chi connectivity index (χ3n) is 3.68. The first-order valence-corrected chi connectivity index (χ1v) is 8.31. The van der Waals surface area contributed by atoms with Crippen LogP contribution in [0.25, 0.3) is 0 Å². The van der Waals surface area contributed by atoms with Crippen LogP contribution >= 0.6 is 23.2 Å². The molecule has 1 heterocycles. The highest BCUT2D eigenvalue weighted by atomic mass is 35.5. The smallest absolute Gasteiger partial charge is 0.222 e. The zero-order chi connectivity index (χ0) is 16.8. The fourth-order valence-electron chi connectivity index (χ4n) is 2.45. The number of halogens is 2. The number of carbonyl (C=O) groups excluding carboxylic acids is 2. The molecule has 1 atom stereocenters. The second kappa shape index (κ2) is 8.52. The Morgan fingerprint density at radius 3 is 2.83 bits per heavy atom. The van der Waals surface area contributed by atoms with Crippen molar-refractivity contribution in [3.63, 3.8) is 0 Å². The quantitative estimate of drug-likeness (QED) is 0.823. The monoisotopic (exact) mass is 358 g/mol. The van der Waals surface area contributed by atoms with Crippen LogP contribution < -0.4 is 5.32 Å². The molecule has 5 nitrogen and oxygen atoms in total. The minimum Gasteiger partial charge on any atom is -0.370 e. The summed E-state index contributed by atoms with van der Waals surface area (Å²) in [5.74, 6) is -0.00721. The second-order valence-corrected chi connectivity index (χ2v) is 6.27. The van der Waals surface area contributed by atoms with Crippen molar-refractivity contribution in [3.05, 3.63) is 33.8 Å². The van der Waals surface area contributed by atoms with E-state index in [9.17, 15) is 9.59 Å². The van der Waals surface area contributed by atoms with Gasteiger partial charge in [0, 0.05) is 26.4 Å². The molecule has 1 N–H and O–H groups in total. The van der Waals surface area contributed by atoms with Crippen LogP contribution in [0, 0.1) is 0 Å². The maximum Gasteiger partial charge on any atom is 0.222 e. The molecule has 7 heteroatoms. The first kappa shape index (κ1) is 18.0. The Labute approximate surface area is 145 Å². The number of nitrogens with zero attached hydrogens (tertiary/aromatic N) is 1. The van der Waals surface area contributed by atoms with Crippen LogP contribution in [0.3, 0.4) is 0 Å². The molecule has 0 aromatic heterocycles. The lowest BCUT2D eigenvalue weighted by molar-refractivity contribution is -0.139. The van der Waals surface area contributed by atoms with Crippen molar-refractivity contribution in [2.75, 3.05) is 26.2 Å². The van der Waals surface area contributed by atoms with Crippen LogP contribution in [0.4, 0.5) is 0 Å². The number of hydrogen-bond donors (Lipinski definition) is 1. The van der Waals surface area contributed by atoms with Gasteiger partial charge in [0.2, 0.25) is 11.8 Å². The van der Waals surface area contributed by atoms with Gasteiger partial charge < -0.3 is 15.0 Å². The molecule has 2 rings (SSSR count). The van der Waals surface area contributed by atoms with Crippen molar-refractivity contribution in [1.82, 2.24) is 10.2 Å². The number of nitrogens with one attached hydrogen (secondary N) is 1. The Morgan fingerprint density at radius 2 is 2.13 bits per heavy atom. The molecular formula is C16H20Cl2N2O3. The van der Waals surface area contributed by atoms with Crippen LogP contribution in [0.15, 0.2) is 18.2 Å². The van der Waals surface area contributed by atoms with Gasteiger partial charge in [0.1, 0.15) is 6.10 Å². The predicted octanol–water partition coefficient (Wildman–Crippen LogP) is 2.81. The molecule has 0 spiro atoms. The largest absolute Gasteiger partial charge is 0.370 e. The van der Waals surface area contributed by atoms with E-state index in [1.807, 2.05) is 6.07 Å². The molecule has 126 valence electrons. The molecule has 1 aliphatic heterocycles. The van der Waals surface area contributed by atoms with Crippen molar-refractivity contribution in [2.24, 2.45) is 0 Å². The van der Waals surface area contributed by atoms with Crippen molar-refractivity contribution in [1.29, 1.82) is 0 Å². The van der Waals surface area contributed by atoms with Gasteiger partial charge >= 0.3 is 0 Å². The van der Waals surface area contributed by atoms with Gasteiger partial charge in [0.25, 0.3) is 0 Å². The van der Waals surface area contributed by atoms with E-state index in [1.54, 1.807) is 17.0 Å². The lowest BCUT2D eigenvalue weighted by Crippen LogP contribution is -2.42. The van der Waals surface area contributed by atoms with E-state index in [4.69, 9.17) is 27.9 Å². The van der Waals surface area contributed by atoms with Crippen molar-refractivity contribution in [2.45, 2.75) is 25.9 Å². The number of hydrogen-bond acceptors (Lipinski definition) is 3. The maximum atomic E-state index is 12.3. The summed E-state index contributed by atoms with van der Waals surface area (Å²) in [7, 11) is 0. The Balaban J connectivity index is 1.88. The van der Waals surface area contributed by atoms with Gasteiger partial charge in [-0.3, -0.25) is 9.59 Å². The predicted molar refractivity (Wildman–Crippen MR) is 89.7 cm³/mol. The Hall–Kier alpha value is -1.30. The highest BCUT2D eigenvalue weighted by molar-refractivity contribution is 6.42. The standard InChI is InChI=1S/C16H20Cl2N2O3/c1-11(21)19-6-2-3-16(22)20-7-8-23-15(10-20)12-4-5-13(17)14(18)9-12/h4-5,9,15H,2-3,6-8,10H2,1H3,(H,19,21). The molecule has 0 aliphatic carbocycles. The van der Waals surface area contributed by atoms with E-state index in [2.05, 4.69) is 5.32 Å². The van der Waals surface area contributed by atoms with Gasteiger partial charge in [-0.05, 0) is 24.1 Å². The van der Waals surface area contributed by atoms with E-state index in [0.717, 1.165) is 5.56 Å². The third-order valence-corrected chi connectivity index (χ3v) is 4.41. The summed E-state index contributed by atoms with van der Waals surface area (Å²) < 4.78 is 5.74. The van der Waals surface area contributed by atoms with Crippen LogP contribution in [0.2, 0.25) is 10.0 Å². The van der Waals surface area contributed by atoms with Crippen molar-refractivity contribution >= 4 is 35.0 Å². The molecular weight excluding hydrogens is 339 g/mol. The summed E-state index contributed by atoms with van der Waals surface area (Å²) >= 11 is 12.0. The van der Waals surface area contributed by atoms with Gasteiger partial charge in [-0.2, -0.15) is 0 Å². The van der Waals surface area contributed by atoms with E-state index >= 15 is 0 Å². The normalized spacial score (nSPS) is 17.9. The second-order valence-electron chi connectivity index (χ2n) is 5.46. The summed E-state index contributed by atoms with van der Waals surface area (Å²) in [6.07, 6.45) is 0.847. The molecule has 1 unspecified atom stereocenters. The lowest BCUT2D eigenvalue weighted by atomic mass is 10.1. The average Bonchev–Trinajstić information content (AvgIpc) is 2.54. The average molecular weight is 359 g/mol. The van der Waals surface area contributed by atoms with Crippen LogP contribution in [0.1, 0.15) is 31.4 Å². The molecule has 0 radical (unpaired) electrons. The third kappa shape index (κ3) is 5.37. The first-order chi connectivity index (χ1) is 11.0. The Kier molecular flexibility index (Phi) is 6.69. The maximum absolute atomic E-state index is 12.3. The van der Waals surface area contributed by atoms with Crippen LogP contribution in [-0.4, -0.2) is 43.0 Å². The van der Waals surface area contributed by atoms with E-state index in [0.29, 0.717) is 49.1 Å². The van der Waals surface area contributed by atoms with Crippen LogP contribution in [-0.2, 0) is 14.3 Å². The number of morpholine rings is 1. The van der Waals surface area contributed by atoms with Crippen molar-refractivity contribution in [3.8, 4) is 0 Å². The molecule has 1 aromatic carbocycles. The summed E-state index contributed by atoms with van der Waals surface area (Å²) in [6.45, 7) is 3.54. The minimum atomic E-state index is -0.196. The number of rotatable bonds is 5. The number of benzene rings is 1. The molecule has 23 heavy (non-hydrogen) atoms. The van der Waals surface area contributed by atoms with E-state index in [1.165, 1.54) is 6.92 Å². The van der Waals surface area contributed by atoms with Gasteiger partial charge in [0.05, 0.1) is 23.2 Å². The molecule has 1 aliphatic rings. The summed E-state index contributed by atoms with van der Waals surface area (Å²) in [5.41, 5.74) is 0.912. The molecule has 1 aromatic rings. The van der Waals surface area contributed by atoms with Gasteiger partial charge in [0.15, 0.2) is 0 Å². The van der Waals surface area contributed by atoms with E-state index < -0.39 is 0 Å². The molecule has 0 saturated carbocycles. The Bertz CT molecular complexity index is 580. The first-order valence-electron chi connectivity index (χ1n) is 7.56. The zero-order valence-electron chi connectivity index (χ0n) is 13.0. The fraction of sp³-hybridized carbons (Fsp3) is 0.500. The minimum absolute atomic E-state index is 0.0729. The highest BCUT2D eigenvalue weighted by Crippen LogP contribution is 2.29. The number of amides is 2. The lowest BCUT2D eigenvalue weighted by Gasteiger charge is -2.33. The summed E-state index contributed by atoms with van der Waals surface area (Å²) in [6, 6.07) is 5.37. The SMILES string of the molecule is CC(=O)NCCCC(=O)N1CCOC(c2ccc(Cl)c(Cl)c2)C1. The van der Waals surface area contributed by atoms with E-state index in [-0.39, 0.29) is 17.9 Å². The molecule has 1 saturated heterocycles. The topological polar surface area (TPSA) is 58.6 Å². The number of carbonyl (C=O) groups is 2. The fourth-order valence-corrected chi connectivity index (χ4v) is 2.76. The molecule has 0 bridgehead atoms. The highest BCUT2D eigenvalue weighted by Gasteiger charge is 2.25. The van der Waals surface area contributed by atoms with Gasteiger partial charge in [-0.25, -0.2) is 0 Å². The number of ether oxygens (including phenoxy) is 1. The molecule has 1 fully saturated rings. The van der Waals surface area contributed by atoms with Gasteiger partial charge in [-0.1, -0.05) is 29.3 Å². The summed E-state index contributed by atoms with van der Waals surface area (Å²) in [4.78, 5) is 24.8. The zero-order valence-corrected chi connectivity index (χ0v) is 14.5. The van der Waals surface area contributed by atoms with Gasteiger partial charge in [-0.15, -0.1) is 0 Å². The molecule has 2 amide bonds. The van der Waals surface area contributed by atoms with Crippen LogP contribution in [0.5, 0.6) is 0 Å². The Morgan fingerprint density at radius 1 is 1.35 bits per heavy atom. The summed E-state index contributed by atoms with van der Waals surface area (Å²) in [5, 5.41) is 3.66. The van der Waals surface area contributed by atoms with Crippen molar-refractivity contribution < 1.29 is 14.3 Å².